The Labute approximate surface area is 151 Å². The molecule has 1 amide bonds. The van der Waals surface area contributed by atoms with Crippen LogP contribution in [0.4, 0.5) is 8.78 Å². The summed E-state index contributed by atoms with van der Waals surface area (Å²) in [6, 6.07) is 4.94. The number of carbonyl (C=O) groups excluding carboxylic acids is 1. The highest BCUT2D eigenvalue weighted by Gasteiger charge is 2.20. The molecule has 4 nitrogen and oxygen atoms in total. The van der Waals surface area contributed by atoms with Crippen LogP contribution in [0.1, 0.15) is 36.0 Å². The summed E-state index contributed by atoms with van der Waals surface area (Å²) < 4.78 is 37.6. The van der Waals surface area contributed by atoms with Crippen LogP contribution in [-0.4, -0.2) is 31.0 Å². The average molecular weight is 361 g/mol. The Balaban J connectivity index is 1.77. The van der Waals surface area contributed by atoms with Gasteiger partial charge in [-0.15, -0.1) is 0 Å². The molecule has 1 heterocycles. The van der Waals surface area contributed by atoms with Gasteiger partial charge in [-0.1, -0.05) is 0 Å². The Kier molecular flexibility index (Phi) is 5.71. The molecule has 0 radical (unpaired) electrons. The number of hydrogen-bond donors (Lipinski definition) is 0. The van der Waals surface area contributed by atoms with Gasteiger partial charge >= 0.3 is 0 Å². The van der Waals surface area contributed by atoms with Gasteiger partial charge in [-0.25, -0.2) is 8.78 Å². The molecule has 138 valence electrons. The smallest absolute Gasteiger partial charge is 0.253 e. The first-order chi connectivity index (χ1) is 12.6. The van der Waals surface area contributed by atoms with Crippen LogP contribution in [0.5, 0.6) is 11.5 Å². The first kappa shape index (κ1) is 18.2. The lowest BCUT2D eigenvalue weighted by atomic mass is 10.1. The number of methoxy groups -OCH3 is 1. The number of ether oxygens (including phenoxy) is 2. The number of carbonyl (C=O) groups is 1. The molecule has 1 aromatic rings. The maximum Gasteiger partial charge on any atom is 0.253 e. The lowest BCUT2D eigenvalue weighted by Crippen LogP contribution is -2.35. The van der Waals surface area contributed by atoms with Crippen molar-refractivity contribution in [1.29, 1.82) is 0 Å². The van der Waals surface area contributed by atoms with Crippen molar-refractivity contribution in [3.63, 3.8) is 0 Å². The minimum absolute atomic E-state index is 0.0310. The lowest BCUT2D eigenvalue weighted by Gasteiger charge is -2.27. The zero-order valence-corrected chi connectivity index (χ0v) is 14.6. The van der Waals surface area contributed by atoms with Crippen molar-refractivity contribution in [3.8, 4) is 11.5 Å². The summed E-state index contributed by atoms with van der Waals surface area (Å²) in [6.07, 6.45) is 6.84. The van der Waals surface area contributed by atoms with Crippen molar-refractivity contribution in [2.75, 3.05) is 20.2 Å². The Morgan fingerprint density at radius 1 is 1.08 bits per heavy atom. The SMILES string of the molecule is COc1cc(C(=O)N2CCCCC2)ccc1OC1=CCC(F)=C(F)C=C1. The van der Waals surface area contributed by atoms with Crippen LogP contribution in [0.2, 0.25) is 0 Å². The quantitative estimate of drug-likeness (QED) is 0.781. The maximum atomic E-state index is 13.3. The summed E-state index contributed by atoms with van der Waals surface area (Å²) in [5.74, 6) is -0.706. The third-order valence-corrected chi connectivity index (χ3v) is 4.42. The number of nitrogens with zero attached hydrogens (tertiary/aromatic N) is 1. The Morgan fingerprint density at radius 2 is 1.85 bits per heavy atom. The number of allylic oxidation sites excluding steroid dienone is 5. The van der Waals surface area contributed by atoms with E-state index in [1.165, 1.54) is 19.3 Å². The first-order valence-electron chi connectivity index (χ1n) is 8.66. The predicted octanol–water partition coefficient (Wildman–Crippen LogP) is 4.69. The van der Waals surface area contributed by atoms with Gasteiger partial charge in [-0.3, -0.25) is 4.79 Å². The van der Waals surface area contributed by atoms with E-state index in [9.17, 15) is 13.6 Å². The molecule has 3 rings (SSSR count). The van der Waals surface area contributed by atoms with Gasteiger partial charge in [-0.05, 0) is 55.7 Å². The highest BCUT2D eigenvalue weighted by Crippen LogP contribution is 2.31. The predicted molar refractivity (Wildman–Crippen MR) is 94.5 cm³/mol. The molecular weight excluding hydrogens is 340 g/mol. The fourth-order valence-corrected chi connectivity index (χ4v) is 2.97. The van der Waals surface area contributed by atoms with Gasteiger partial charge < -0.3 is 14.4 Å². The van der Waals surface area contributed by atoms with Gasteiger partial charge in [0.15, 0.2) is 17.3 Å². The van der Waals surface area contributed by atoms with E-state index in [0.717, 1.165) is 38.4 Å². The molecule has 1 aromatic carbocycles. The zero-order valence-electron chi connectivity index (χ0n) is 14.6. The van der Waals surface area contributed by atoms with Gasteiger partial charge in [0.25, 0.3) is 5.91 Å². The number of amides is 1. The van der Waals surface area contributed by atoms with E-state index in [1.54, 1.807) is 18.2 Å². The van der Waals surface area contributed by atoms with Gasteiger partial charge in [0, 0.05) is 25.1 Å². The van der Waals surface area contributed by atoms with Crippen molar-refractivity contribution in [2.45, 2.75) is 25.7 Å². The summed E-state index contributed by atoms with van der Waals surface area (Å²) in [4.78, 5) is 14.4. The highest BCUT2D eigenvalue weighted by atomic mass is 19.2. The van der Waals surface area contributed by atoms with E-state index in [4.69, 9.17) is 9.47 Å². The third-order valence-electron chi connectivity index (χ3n) is 4.42. The number of likely N-dealkylation sites (tertiary alicyclic amines) is 1. The second kappa shape index (κ2) is 8.17. The van der Waals surface area contributed by atoms with Crippen LogP contribution in [0, 0.1) is 0 Å². The van der Waals surface area contributed by atoms with Crippen LogP contribution in [0.25, 0.3) is 0 Å². The first-order valence-corrected chi connectivity index (χ1v) is 8.66. The average Bonchev–Trinajstić information content (AvgIpc) is 2.84. The molecule has 0 atom stereocenters. The largest absolute Gasteiger partial charge is 0.493 e. The Morgan fingerprint density at radius 3 is 2.58 bits per heavy atom. The molecule has 1 aliphatic carbocycles. The van der Waals surface area contributed by atoms with E-state index in [0.29, 0.717) is 22.8 Å². The van der Waals surface area contributed by atoms with Crippen LogP contribution in [0.3, 0.4) is 0 Å². The molecule has 1 saturated heterocycles. The van der Waals surface area contributed by atoms with Crippen molar-refractivity contribution >= 4 is 5.91 Å². The number of piperidine rings is 1. The van der Waals surface area contributed by atoms with E-state index in [1.807, 2.05) is 4.90 Å². The summed E-state index contributed by atoms with van der Waals surface area (Å²) in [5, 5.41) is 0. The van der Waals surface area contributed by atoms with Crippen LogP contribution >= 0.6 is 0 Å². The summed E-state index contributed by atoms with van der Waals surface area (Å²) in [7, 11) is 1.48. The second-order valence-corrected chi connectivity index (χ2v) is 6.22. The molecule has 0 spiro atoms. The molecule has 2 aliphatic rings. The molecule has 0 unspecified atom stereocenters. The maximum absolute atomic E-state index is 13.3. The lowest BCUT2D eigenvalue weighted by molar-refractivity contribution is 0.0724. The van der Waals surface area contributed by atoms with Gasteiger partial charge in [-0.2, -0.15) is 0 Å². The molecule has 0 bridgehead atoms. The molecule has 1 aliphatic heterocycles. The van der Waals surface area contributed by atoms with Crippen molar-refractivity contribution in [2.24, 2.45) is 0 Å². The fourth-order valence-electron chi connectivity index (χ4n) is 2.97. The van der Waals surface area contributed by atoms with E-state index in [-0.39, 0.29) is 12.3 Å². The molecule has 6 heteroatoms. The van der Waals surface area contributed by atoms with Gasteiger partial charge in [0.05, 0.1) is 7.11 Å². The second-order valence-electron chi connectivity index (χ2n) is 6.22. The monoisotopic (exact) mass is 361 g/mol. The molecule has 0 N–H and O–H groups in total. The number of rotatable bonds is 4. The fraction of sp³-hybridized carbons (Fsp3) is 0.350. The molecule has 0 saturated carbocycles. The molecule has 0 aromatic heterocycles. The van der Waals surface area contributed by atoms with Crippen molar-refractivity contribution in [1.82, 2.24) is 4.90 Å². The Bertz CT molecular complexity index is 777. The zero-order chi connectivity index (χ0) is 18.5. The normalized spacial score (nSPS) is 17.7. The summed E-state index contributed by atoms with van der Waals surface area (Å²) >= 11 is 0. The van der Waals surface area contributed by atoms with Crippen LogP contribution < -0.4 is 9.47 Å². The summed E-state index contributed by atoms with van der Waals surface area (Å²) in [6.45, 7) is 1.53. The number of hydrogen-bond acceptors (Lipinski definition) is 3. The topological polar surface area (TPSA) is 38.8 Å². The van der Waals surface area contributed by atoms with Gasteiger partial charge in [0.2, 0.25) is 0 Å². The van der Waals surface area contributed by atoms with Crippen LogP contribution in [-0.2, 0) is 0 Å². The minimum Gasteiger partial charge on any atom is -0.493 e. The van der Waals surface area contributed by atoms with E-state index < -0.39 is 11.7 Å². The van der Waals surface area contributed by atoms with Crippen molar-refractivity contribution in [3.05, 3.63) is 59.4 Å². The molecule has 1 fully saturated rings. The third kappa shape index (κ3) is 4.12. The minimum atomic E-state index is -0.908. The van der Waals surface area contributed by atoms with E-state index >= 15 is 0 Å². The number of benzene rings is 1. The standard InChI is InChI=1S/C20H21F2NO3/c1-25-19-13-14(20(24)23-11-3-2-4-12-23)5-10-18(19)26-15-6-8-16(21)17(22)9-7-15/h5-8,10,13H,2-4,9,11-12H2,1H3. The Hall–Kier alpha value is -2.63. The van der Waals surface area contributed by atoms with Gasteiger partial charge in [0.1, 0.15) is 11.6 Å². The molecule has 26 heavy (non-hydrogen) atoms. The molecular formula is C20H21F2NO3. The van der Waals surface area contributed by atoms with E-state index in [2.05, 4.69) is 0 Å². The number of halogens is 2. The summed E-state index contributed by atoms with van der Waals surface area (Å²) in [5.41, 5.74) is 0.528. The highest BCUT2D eigenvalue weighted by molar-refractivity contribution is 5.95. The van der Waals surface area contributed by atoms with Crippen LogP contribution in [0.15, 0.2) is 53.8 Å². The van der Waals surface area contributed by atoms with Crippen molar-refractivity contribution < 1.29 is 23.0 Å².